The molecule has 1 N–H and O–H groups in total. The molecule has 10 heteroatoms. The van der Waals surface area contributed by atoms with E-state index in [1.54, 1.807) is 31.6 Å². The smallest absolute Gasteiger partial charge is 0.257 e. The van der Waals surface area contributed by atoms with Gasteiger partial charge in [0.2, 0.25) is 0 Å². The lowest BCUT2D eigenvalue weighted by Crippen LogP contribution is -2.36. The van der Waals surface area contributed by atoms with Crippen LogP contribution in [0.3, 0.4) is 0 Å². The number of ether oxygens (including phenoxy) is 2. The van der Waals surface area contributed by atoms with Crippen LogP contribution in [0.25, 0.3) is 10.2 Å². The summed E-state index contributed by atoms with van der Waals surface area (Å²) in [6.45, 7) is 5.68. The fourth-order valence-electron chi connectivity index (χ4n) is 4.07. The number of morpholine rings is 1. The molecule has 0 aliphatic carbocycles. The molecule has 0 saturated carbocycles. The van der Waals surface area contributed by atoms with Crippen LogP contribution in [0, 0.1) is 0 Å². The summed E-state index contributed by atoms with van der Waals surface area (Å²) >= 11 is 1.44. The zero-order valence-electron chi connectivity index (χ0n) is 19.6. The molecule has 1 aliphatic rings. The number of aromatic nitrogens is 3. The number of benzene rings is 1. The van der Waals surface area contributed by atoms with Crippen molar-refractivity contribution < 1.29 is 14.3 Å². The molecule has 1 aromatic carbocycles. The summed E-state index contributed by atoms with van der Waals surface area (Å²) in [6.07, 6.45) is 3.37. The standard InChI is InChI=1S/C25H26N6O3S/c1-3-31(20-6-4-5-10-26-20)21-16-17(9-11-27-21)24(32)29-25-28-22-19(33-2)8-7-18(23(22)35-25)30-12-14-34-15-13-30/h4-11,16H,3,12-15H2,1-2H3,(H,28,29,32). The van der Waals surface area contributed by atoms with Crippen LogP contribution >= 0.6 is 11.3 Å². The van der Waals surface area contributed by atoms with Crippen LogP contribution in [0.4, 0.5) is 22.5 Å². The molecule has 180 valence electrons. The number of nitrogens with one attached hydrogen (secondary N) is 1. The summed E-state index contributed by atoms with van der Waals surface area (Å²) in [4.78, 5) is 31.0. The molecular formula is C25H26N6O3S. The molecule has 1 fully saturated rings. The molecule has 0 bridgehead atoms. The number of hydrogen-bond donors (Lipinski definition) is 1. The molecule has 9 nitrogen and oxygen atoms in total. The van der Waals surface area contributed by atoms with Crippen LogP contribution in [0.2, 0.25) is 0 Å². The van der Waals surface area contributed by atoms with Crippen molar-refractivity contribution >= 4 is 49.9 Å². The first-order valence-electron chi connectivity index (χ1n) is 11.4. The number of amides is 1. The van der Waals surface area contributed by atoms with E-state index in [2.05, 4.69) is 20.2 Å². The molecule has 0 atom stereocenters. The molecule has 3 aromatic heterocycles. The maximum atomic E-state index is 13.2. The third-order valence-corrected chi connectivity index (χ3v) is 6.80. The monoisotopic (exact) mass is 490 g/mol. The van der Waals surface area contributed by atoms with Gasteiger partial charge in [0, 0.05) is 37.6 Å². The summed E-state index contributed by atoms with van der Waals surface area (Å²) in [5, 5.41) is 3.47. The van der Waals surface area contributed by atoms with Crippen molar-refractivity contribution in [2.75, 3.05) is 55.1 Å². The van der Waals surface area contributed by atoms with Gasteiger partial charge in [-0.1, -0.05) is 17.4 Å². The van der Waals surface area contributed by atoms with Crippen molar-refractivity contribution in [2.45, 2.75) is 6.92 Å². The van der Waals surface area contributed by atoms with Crippen LogP contribution in [-0.4, -0.2) is 60.8 Å². The normalized spacial score (nSPS) is 13.6. The van der Waals surface area contributed by atoms with Gasteiger partial charge < -0.3 is 19.3 Å². The molecule has 0 spiro atoms. The molecule has 5 rings (SSSR count). The van der Waals surface area contributed by atoms with Crippen LogP contribution in [0.1, 0.15) is 17.3 Å². The van der Waals surface area contributed by atoms with Crippen molar-refractivity contribution in [1.29, 1.82) is 0 Å². The predicted molar refractivity (Wildman–Crippen MR) is 138 cm³/mol. The Balaban J connectivity index is 1.42. The van der Waals surface area contributed by atoms with Gasteiger partial charge in [0.05, 0.1) is 30.7 Å². The second-order valence-electron chi connectivity index (χ2n) is 7.87. The zero-order chi connectivity index (χ0) is 24.2. The van der Waals surface area contributed by atoms with Crippen LogP contribution in [0.15, 0.2) is 54.9 Å². The zero-order valence-corrected chi connectivity index (χ0v) is 20.4. The fourth-order valence-corrected chi connectivity index (χ4v) is 5.09. The predicted octanol–water partition coefficient (Wildman–Crippen LogP) is 4.34. The Morgan fingerprint density at radius 2 is 1.97 bits per heavy atom. The van der Waals surface area contributed by atoms with Crippen molar-refractivity contribution in [3.8, 4) is 5.75 Å². The average molecular weight is 491 g/mol. The number of thiazole rings is 1. The third kappa shape index (κ3) is 4.75. The minimum absolute atomic E-state index is 0.253. The van der Waals surface area contributed by atoms with E-state index in [0.29, 0.717) is 42.0 Å². The van der Waals surface area contributed by atoms with Crippen LogP contribution < -0.4 is 19.9 Å². The number of methoxy groups -OCH3 is 1. The second kappa shape index (κ2) is 10.2. The Kier molecular flexibility index (Phi) is 6.73. The molecule has 4 aromatic rings. The number of nitrogens with zero attached hydrogens (tertiary/aromatic N) is 5. The van der Waals surface area contributed by atoms with Gasteiger partial charge in [-0.3, -0.25) is 10.1 Å². The topological polar surface area (TPSA) is 92.7 Å². The van der Waals surface area contributed by atoms with E-state index >= 15 is 0 Å². The third-order valence-electron chi connectivity index (χ3n) is 5.80. The number of anilines is 4. The molecule has 0 radical (unpaired) electrons. The first-order valence-corrected chi connectivity index (χ1v) is 12.3. The summed E-state index contributed by atoms with van der Waals surface area (Å²) < 4.78 is 12.0. The van der Waals surface area contributed by atoms with Crippen molar-refractivity contribution in [2.24, 2.45) is 0 Å². The number of carbonyl (C=O) groups excluding carboxylic acids is 1. The van der Waals surface area contributed by atoms with E-state index in [1.165, 1.54) is 11.3 Å². The maximum Gasteiger partial charge on any atom is 0.257 e. The Morgan fingerprint density at radius 3 is 2.71 bits per heavy atom. The van der Waals surface area contributed by atoms with Gasteiger partial charge in [-0.05, 0) is 43.3 Å². The molecule has 1 saturated heterocycles. The van der Waals surface area contributed by atoms with E-state index in [9.17, 15) is 4.79 Å². The molecule has 0 unspecified atom stereocenters. The Hall–Kier alpha value is -3.76. The summed E-state index contributed by atoms with van der Waals surface area (Å²) in [5.74, 6) is 1.85. The van der Waals surface area contributed by atoms with Crippen LogP contribution in [0.5, 0.6) is 5.75 Å². The van der Waals surface area contributed by atoms with Crippen molar-refractivity contribution in [1.82, 2.24) is 15.0 Å². The Morgan fingerprint density at radius 1 is 1.14 bits per heavy atom. The first-order chi connectivity index (χ1) is 17.2. The Labute approximate surface area is 207 Å². The minimum Gasteiger partial charge on any atom is -0.494 e. The highest BCUT2D eigenvalue weighted by Gasteiger charge is 2.20. The lowest BCUT2D eigenvalue weighted by Gasteiger charge is -2.29. The number of hydrogen-bond acceptors (Lipinski definition) is 9. The number of rotatable bonds is 7. The average Bonchev–Trinajstić information content (AvgIpc) is 3.33. The SMILES string of the molecule is CCN(c1ccccn1)c1cc(C(=O)Nc2nc3c(OC)ccc(N4CCOCC4)c3s2)ccn1. The summed E-state index contributed by atoms with van der Waals surface area (Å²) in [5.41, 5.74) is 2.30. The van der Waals surface area contributed by atoms with Gasteiger partial charge in [0.1, 0.15) is 22.9 Å². The fraction of sp³-hybridized carbons (Fsp3) is 0.280. The van der Waals surface area contributed by atoms with Gasteiger partial charge >= 0.3 is 0 Å². The first kappa shape index (κ1) is 23.0. The largest absolute Gasteiger partial charge is 0.494 e. The van der Waals surface area contributed by atoms with E-state index in [-0.39, 0.29) is 5.91 Å². The molecule has 4 heterocycles. The highest BCUT2D eigenvalue weighted by molar-refractivity contribution is 7.23. The van der Waals surface area contributed by atoms with Crippen LogP contribution in [-0.2, 0) is 4.74 Å². The Bertz CT molecular complexity index is 1320. The van der Waals surface area contributed by atoms with E-state index < -0.39 is 0 Å². The van der Waals surface area contributed by atoms with Gasteiger partial charge in [-0.2, -0.15) is 0 Å². The lowest BCUT2D eigenvalue weighted by molar-refractivity contribution is 0.102. The van der Waals surface area contributed by atoms with Gasteiger partial charge in [-0.25, -0.2) is 15.0 Å². The highest BCUT2D eigenvalue weighted by atomic mass is 32.1. The van der Waals surface area contributed by atoms with Gasteiger partial charge in [-0.15, -0.1) is 0 Å². The number of pyridine rings is 2. The van der Waals surface area contributed by atoms with Crippen molar-refractivity contribution in [3.05, 3.63) is 60.4 Å². The highest BCUT2D eigenvalue weighted by Crippen LogP contribution is 2.39. The van der Waals surface area contributed by atoms with Gasteiger partial charge in [0.15, 0.2) is 5.13 Å². The van der Waals surface area contributed by atoms with E-state index in [1.807, 2.05) is 42.2 Å². The molecule has 1 amide bonds. The van der Waals surface area contributed by atoms with Crippen molar-refractivity contribution in [3.63, 3.8) is 0 Å². The number of carbonyl (C=O) groups is 1. The maximum absolute atomic E-state index is 13.2. The molecular weight excluding hydrogens is 464 g/mol. The number of fused-ring (bicyclic) bond motifs is 1. The summed E-state index contributed by atoms with van der Waals surface area (Å²) in [7, 11) is 1.63. The lowest BCUT2D eigenvalue weighted by atomic mass is 10.2. The second-order valence-corrected chi connectivity index (χ2v) is 8.87. The van der Waals surface area contributed by atoms with E-state index in [0.717, 1.165) is 34.8 Å². The molecule has 35 heavy (non-hydrogen) atoms. The minimum atomic E-state index is -0.253. The molecule has 1 aliphatic heterocycles. The van der Waals surface area contributed by atoms with Gasteiger partial charge in [0.25, 0.3) is 5.91 Å². The quantitative estimate of drug-likeness (QED) is 0.409. The van der Waals surface area contributed by atoms with E-state index in [4.69, 9.17) is 14.5 Å². The summed E-state index contributed by atoms with van der Waals surface area (Å²) in [6, 6.07) is 13.1.